The van der Waals surface area contributed by atoms with E-state index in [1.165, 1.54) is 23.3 Å². The Hall–Kier alpha value is -1.98. The Balaban J connectivity index is 1.59. The van der Waals surface area contributed by atoms with Crippen LogP contribution < -0.4 is 5.32 Å². The number of nitrogens with one attached hydrogen (secondary N) is 1. The molecule has 1 saturated heterocycles. The van der Waals surface area contributed by atoms with Gasteiger partial charge >= 0.3 is 0 Å². The number of carbonyl (C=O) groups excluding carboxylic acids is 2. The van der Waals surface area contributed by atoms with Crippen molar-refractivity contribution in [2.45, 2.75) is 58.3 Å². The smallest absolute Gasteiger partial charge is 0.239 e. The van der Waals surface area contributed by atoms with Crippen LogP contribution in [-0.2, 0) is 17.6 Å². The summed E-state index contributed by atoms with van der Waals surface area (Å²) in [6, 6.07) is 7.74. The van der Waals surface area contributed by atoms with Crippen molar-refractivity contribution in [2.24, 2.45) is 0 Å². The van der Waals surface area contributed by atoms with Crippen molar-refractivity contribution in [1.82, 2.24) is 4.90 Å². The molecular formula is C24H30N2O2S. The number of benzene rings is 1. The topological polar surface area (TPSA) is 49.4 Å². The lowest BCUT2D eigenvalue weighted by Crippen LogP contribution is -2.34. The number of ketones is 1. The number of nitrogens with zero attached hydrogens (tertiary/aromatic N) is 1. The van der Waals surface area contributed by atoms with Crippen LogP contribution in [0.25, 0.3) is 0 Å². The van der Waals surface area contributed by atoms with E-state index in [4.69, 9.17) is 0 Å². The number of anilines is 1. The molecule has 1 amide bonds. The third-order valence-electron chi connectivity index (χ3n) is 6.11. The Bertz CT molecular complexity index is 894. The highest BCUT2D eigenvalue weighted by Gasteiger charge is 2.28. The molecule has 2 aliphatic rings. The Kier molecular flexibility index (Phi) is 6.46. The number of thiophene rings is 1. The van der Waals surface area contributed by atoms with Gasteiger partial charge in [0.15, 0.2) is 5.78 Å². The number of aryl methyl sites for hydroxylation is 2. The maximum atomic E-state index is 13.5. The van der Waals surface area contributed by atoms with Gasteiger partial charge in [-0.25, -0.2) is 0 Å². The van der Waals surface area contributed by atoms with Gasteiger partial charge in [-0.3, -0.25) is 14.5 Å². The summed E-state index contributed by atoms with van der Waals surface area (Å²) in [4.78, 5) is 29.8. The van der Waals surface area contributed by atoms with Gasteiger partial charge in [-0.1, -0.05) is 37.1 Å². The molecule has 0 spiro atoms. The molecule has 0 unspecified atom stereocenters. The Morgan fingerprint density at radius 1 is 1.00 bits per heavy atom. The van der Waals surface area contributed by atoms with Gasteiger partial charge in [-0.15, -0.1) is 11.3 Å². The van der Waals surface area contributed by atoms with Crippen molar-refractivity contribution in [3.05, 3.63) is 51.4 Å². The fourth-order valence-corrected chi connectivity index (χ4v) is 5.82. The van der Waals surface area contributed by atoms with E-state index in [2.05, 4.69) is 10.2 Å². The lowest BCUT2D eigenvalue weighted by atomic mass is 9.91. The first kappa shape index (κ1) is 20.3. The van der Waals surface area contributed by atoms with Crippen molar-refractivity contribution in [3.8, 4) is 0 Å². The highest BCUT2D eigenvalue weighted by molar-refractivity contribution is 7.17. The molecule has 2 heterocycles. The molecule has 2 aromatic rings. The van der Waals surface area contributed by atoms with Crippen molar-refractivity contribution in [1.29, 1.82) is 0 Å². The van der Waals surface area contributed by atoms with Crippen molar-refractivity contribution in [2.75, 3.05) is 25.0 Å². The first-order valence-electron chi connectivity index (χ1n) is 10.9. The van der Waals surface area contributed by atoms with Crippen LogP contribution in [0.5, 0.6) is 0 Å². The van der Waals surface area contributed by atoms with E-state index in [0.29, 0.717) is 6.54 Å². The van der Waals surface area contributed by atoms with E-state index in [9.17, 15) is 9.59 Å². The summed E-state index contributed by atoms with van der Waals surface area (Å²) in [5, 5.41) is 3.88. The third-order valence-corrected chi connectivity index (χ3v) is 7.31. The lowest BCUT2D eigenvalue weighted by Gasteiger charge is -2.19. The zero-order valence-electron chi connectivity index (χ0n) is 17.3. The Morgan fingerprint density at radius 3 is 2.48 bits per heavy atom. The summed E-state index contributed by atoms with van der Waals surface area (Å²) in [6.45, 7) is 4.37. The largest absolute Gasteiger partial charge is 0.316 e. The molecule has 29 heavy (non-hydrogen) atoms. The van der Waals surface area contributed by atoms with Crippen LogP contribution in [0.1, 0.15) is 70.5 Å². The number of fused-ring (bicyclic) bond motifs is 1. The predicted octanol–water partition coefficient (Wildman–Crippen LogP) is 4.98. The molecule has 0 saturated carbocycles. The Labute approximate surface area is 177 Å². The van der Waals surface area contributed by atoms with E-state index in [0.717, 1.165) is 73.3 Å². The summed E-state index contributed by atoms with van der Waals surface area (Å²) < 4.78 is 0. The molecule has 1 fully saturated rings. The minimum atomic E-state index is 0.00401. The standard InChI is InChI=1S/C24H30N2O2S/c1-17-10-4-5-11-18(17)23(28)22-19-12-6-7-13-20(19)29-24(22)25-21(27)16-26-14-8-2-3-9-15-26/h4-5,10-11H,2-3,6-9,12-16H2,1H3,(H,25,27). The number of likely N-dealkylation sites (tertiary alicyclic amines) is 1. The number of carbonyl (C=O) groups is 2. The number of amides is 1. The lowest BCUT2D eigenvalue weighted by molar-refractivity contribution is -0.117. The summed E-state index contributed by atoms with van der Waals surface area (Å²) >= 11 is 1.61. The van der Waals surface area contributed by atoms with Gasteiger partial charge in [0, 0.05) is 10.4 Å². The molecule has 0 radical (unpaired) electrons. The molecule has 4 rings (SSSR count). The molecule has 4 nitrogen and oxygen atoms in total. The predicted molar refractivity (Wildman–Crippen MR) is 119 cm³/mol. The van der Waals surface area contributed by atoms with Gasteiger partial charge in [0.1, 0.15) is 5.00 Å². The molecule has 1 aromatic heterocycles. The average molecular weight is 411 g/mol. The minimum Gasteiger partial charge on any atom is -0.316 e. The van der Waals surface area contributed by atoms with Crippen molar-refractivity contribution < 1.29 is 9.59 Å². The minimum absolute atomic E-state index is 0.00401. The van der Waals surface area contributed by atoms with Crippen LogP contribution in [-0.4, -0.2) is 36.2 Å². The summed E-state index contributed by atoms with van der Waals surface area (Å²) in [6.07, 6.45) is 9.05. The molecule has 1 aliphatic heterocycles. The fraction of sp³-hybridized carbons (Fsp3) is 0.500. The Morgan fingerprint density at radius 2 is 1.72 bits per heavy atom. The first-order chi connectivity index (χ1) is 14.1. The zero-order valence-corrected chi connectivity index (χ0v) is 18.1. The summed E-state index contributed by atoms with van der Waals surface area (Å²) in [5.41, 5.74) is 3.62. The quantitative estimate of drug-likeness (QED) is 0.707. The third kappa shape index (κ3) is 4.62. The number of rotatable bonds is 5. The summed E-state index contributed by atoms with van der Waals surface area (Å²) in [7, 11) is 0. The first-order valence-corrected chi connectivity index (χ1v) is 11.7. The van der Waals surface area contributed by atoms with Crippen LogP contribution in [0.15, 0.2) is 24.3 Å². The molecule has 0 atom stereocenters. The normalized spacial score (nSPS) is 17.4. The molecule has 0 bridgehead atoms. The van der Waals surface area contributed by atoms with E-state index in [1.54, 1.807) is 11.3 Å². The van der Waals surface area contributed by atoms with Crippen LogP contribution in [0.2, 0.25) is 0 Å². The van der Waals surface area contributed by atoms with Crippen molar-refractivity contribution >= 4 is 28.0 Å². The maximum absolute atomic E-state index is 13.5. The molecule has 5 heteroatoms. The molecule has 154 valence electrons. The molecule has 1 aromatic carbocycles. The van der Waals surface area contributed by atoms with Gasteiger partial charge in [-0.05, 0) is 69.7 Å². The van der Waals surface area contributed by atoms with E-state index in [1.807, 2.05) is 31.2 Å². The van der Waals surface area contributed by atoms with E-state index >= 15 is 0 Å². The van der Waals surface area contributed by atoms with Crippen LogP contribution >= 0.6 is 11.3 Å². The monoisotopic (exact) mass is 410 g/mol. The molecule has 1 aliphatic carbocycles. The molecular weight excluding hydrogens is 380 g/mol. The van der Waals surface area contributed by atoms with Gasteiger partial charge < -0.3 is 5.32 Å². The van der Waals surface area contributed by atoms with Crippen LogP contribution in [0, 0.1) is 6.92 Å². The van der Waals surface area contributed by atoms with Crippen LogP contribution in [0.4, 0.5) is 5.00 Å². The van der Waals surface area contributed by atoms with Crippen LogP contribution in [0.3, 0.4) is 0 Å². The molecule has 1 N–H and O–H groups in total. The van der Waals surface area contributed by atoms with E-state index < -0.39 is 0 Å². The summed E-state index contributed by atoms with van der Waals surface area (Å²) in [5.74, 6) is 0.0527. The second-order valence-electron chi connectivity index (χ2n) is 8.30. The zero-order chi connectivity index (χ0) is 20.2. The number of hydrogen-bond donors (Lipinski definition) is 1. The average Bonchev–Trinajstić information content (AvgIpc) is 2.87. The van der Waals surface area contributed by atoms with E-state index in [-0.39, 0.29) is 11.7 Å². The second-order valence-corrected chi connectivity index (χ2v) is 9.40. The van der Waals surface area contributed by atoms with Gasteiger partial charge in [-0.2, -0.15) is 0 Å². The van der Waals surface area contributed by atoms with Crippen molar-refractivity contribution in [3.63, 3.8) is 0 Å². The fourth-order valence-electron chi connectivity index (χ4n) is 4.52. The highest BCUT2D eigenvalue weighted by Crippen LogP contribution is 2.39. The van der Waals surface area contributed by atoms with Gasteiger partial charge in [0.25, 0.3) is 0 Å². The second kappa shape index (κ2) is 9.23. The SMILES string of the molecule is Cc1ccccc1C(=O)c1c(NC(=O)CN2CCCCCC2)sc2c1CCCC2. The van der Waals surface area contributed by atoms with Gasteiger partial charge in [0.2, 0.25) is 5.91 Å². The number of hydrogen-bond acceptors (Lipinski definition) is 4. The van der Waals surface area contributed by atoms with Gasteiger partial charge in [0.05, 0.1) is 12.1 Å². The maximum Gasteiger partial charge on any atom is 0.239 e. The highest BCUT2D eigenvalue weighted by atomic mass is 32.1.